The first-order valence-corrected chi connectivity index (χ1v) is 7.20. The van der Waals surface area contributed by atoms with Crippen LogP contribution in [0, 0.1) is 11.6 Å². The molecule has 0 unspecified atom stereocenters. The van der Waals surface area contributed by atoms with Crippen LogP contribution >= 0.6 is 0 Å². The van der Waals surface area contributed by atoms with Crippen LogP contribution in [-0.4, -0.2) is 20.4 Å². The summed E-state index contributed by atoms with van der Waals surface area (Å²) in [7, 11) is -2.11. The van der Waals surface area contributed by atoms with E-state index in [0.717, 1.165) is 18.2 Å². The van der Waals surface area contributed by atoms with E-state index in [9.17, 15) is 17.2 Å². The number of nitrogens with one attached hydrogen (secondary N) is 3. The number of benzene rings is 1. The molecule has 0 spiro atoms. The summed E-state index contributed by atoms with van der Waals surface area (Å²) in [5.41, 5.74) is 0.651. The zero-order valence-corrected chi connectivity index (χ0v) is 11.4. The number of hydrogen-bond acceptors (Lipinski definition) is 3. The summed E-state index contributed by atoms with van der Waals surface area (Å²) in [6.45, 7) is 0.487. The minimum atomic E-state index is -3.84. The van der Waals surface area contributed by atoms with Crippen molar-refractivity contribution < 1.29 is 17.2 Å². The molecule has 0 radical (unpaired) electrons. The van der Waals surface area contributed by atoms with Crippen LogP contribution in [-0.2, 0) is 16.6 Å². The van der Waals surface area contributed by atoms with E-state index in [1.165, 1.54) is 12.3 Å². The molecule has 20 heavy (non-hydrogen) atoms. The summed E-state index contributed by atoms with van der Waals surface area (Å²) in [4.78, 5) is 2.82. The van der Waals surface area contributed by atoms with Gasteiger partial charge in [-0.05, 0) is 25.2 Å². The number of rotatable bonds is 5. The lowest BCUT2D eigenvalue weighted by atomic mass is 10.3. The topological polar surface area (TPSA) is 74.0 Å². The van der Waals surface area contributed by atoms with E-state index in [-0.39, 0.29) is 10.6 Å². The molecule has 5 nitrogen and oxygen atoms in total. The predicted molar refractivity (Wildman–Crippen MR) is 70.7 cm³/mol. The van der Waals surface area contributed by atoms with Crippen LogP contribution in [0.25, 0.3) is 0 Å². The second-order valence-electron chi connectivity index (χ2n) is 4.13. The third-order valence-corrected chi connectivity index (χ3v) is 3.93. The van der Waals surface area contributed by atoms with E-state index >= 15 is 0 Å². The van der Waals surface area contributed by atoms with Crippen LogP contribution in [0.4, 0.5) is 14.5 Å². The lowest BCUT2D eigenvalue weighted by Gasteiger charge is -2.06. The number of hydrogen-bond donors (Lipinski definition) is 3. The third kappa shape index (κ3) is 3.14. The summed E-state index contributed by atoms with van der Waals surface area (Å²) in [5.74, 6) is -2.15. The van der Waals surface area contributed by atoms with E-state index in [1.54, 1.807) is 7.05 Å². The van der Waals surface area contributed by atoms with Gasteiger partial charge in [0.05, 0.1) is 5.69 Å². The van der Waals surface area contributed by atoms with Crippen molar-refractivity contribution in [2.24, 2.45) is 0 Å². The Labute approximate surface area is 115 Å². The quantitative estimate of drug-likeness (QED) is 0.788. The highest BCUT2D eigenvalue weighted by molar-refractivity contribution is 7.92. The van der Waals surface area contributed by atoms with Crippen molar-refractivity contribution in [3.05, 3.63) is 47.8 Å². The molecule has 1 aromatic heterocycles. The summed E-state index contributed by atoms with van der Waals surface area (Å²) in [5, 5.41) is 2.87. The van der Waals surface area contributed by atoms with Gasteiger partial charge in [0.15, 0.2) is 11.6 Å². The minimum Gasteiger partial charge on any atom is -0.363 e. The van der Waals surface area contributed by atoms with Gasteiger partial charge in [-0.15, -0.1) is 0 Å². The van der Waals surface area contributed by atoms with Gasteiger partial charge in [-0.1, -0.05) is 0 Å². The molecule has 8 heteroatoms. The largest absolute Gasteiger partial charge is 0.363 e. The Morgan fingerprint density at radius 2 is 1.95 bits per heavy atom. The molecule has 0 fully saturated rings. The Bertz CT molecular complexity index is 713. The van der Waals surface area contributed by atoms with E-state index in [2.05, 4.69) is 15.0 Å². The Morgan fingerprint density at radius 3 is 2.60 bits per heavy atom. The molecule has 0 aliphatic rings. The monoisotopic (exact) mass is 301 g/mol. The summed E-state index contributed by atoms with van der Waals surface area (Å²) < 4.78 is 52.1. The lowest BCUT2D eigenvalue weighted by Crippen LogP contribution is -2.12. The van der Waals surface area contributed by atoms with Crippen LogP contribution in [0.3, 0.4) is 0 Å². The molecule has 0 saturated carbocycles. The average molecular weight is 301 g/mol. The Hall–Kier alpha value is -1.93. The van der Waals surface area contributed by atoms with Gasteiger partial charge in [0, 0.05) is 24.5 Å². The number of aromatic amines is 1. The molecule has 1 heterocycles. The van der Waals surface area contributed by atoms with E-state index in [0.29, 0.717) is 12.2 Å². The number of aromatic nitrogens is 1. The number of sulfonamides is 1. The molecular formula is C12H13F2N3O2S. The molecular weight excluding hydrogens is 288 g/mol. The predicted octanol–water partition coefficient (Wildman–Crippen LogP) is 1.81. The normalized spacial score (nSPS) is 11.6. The molecule has 3 N–H and O–H groups in total. The van der Waals surface area contributed by atoms with Gasteiger partial charge < -0.3 is 10.3 Å². The van der Waals surface area contributed by atoms with Gasteiger partial charge in [0.1, 0.15) is 4.90 Å². The van der Waals surface area contributed by atoms with Crippen molar-refractivity contribution in [3.8, 4) is 0 Å². The fourth-order valence-corrected chi connectivity index (χ4v) is 2.71. The zero-order valence-electron chi connectivity index (χ0n) is 10.6. The molecule has 0 saturated heterocycles. The Morgan fingerprint density at radius 1 is 1.20 bits per heavy atom. The van der Waals surface area contributed by atoms with Crippen LogP contribution in [0.1, 0.15) is 5.69 Å². The van der Waals surface area contributed by atoms with Gasteiger partial charge in [-0.25, -0.2) is 17.2 Å². The molecule has 0 amide bonds. The fraction of sp³-hybridized carbons (Fsp3) is 0.167. The van der Waals surface area contributed by atoms with Gasteiger partial charge in [0.2, 0.25) is 0 Å². The lowest BCUT2D eigenvalue weighted by molar-refractivity contribution is 0.509. The molecule has 0 aliphatic carbocycles. The summed E-state index contributed by atoms with van der Waals surface area (Å²) in [6, 6.07) is 4.25. The number of halogens is 2. The molecule has 1 aromatic carbocycles. The maximum atomic E-state index is 13.0. The van der Waals surface area contributed by atoms with Crippen molar-refractivity contribution in [1.82, 2.24) is 10.3 Å². The van der Waals surface area contributed by atoms with Crippen LogP contribution in [0.15, 0.2) is 35.4 Å². The van der Waals surface area contributed by atoms with Gasteiger partial charge in [-0.2, -0.15) is 0 Å². The highest BCUT2D eigenvalue weighted by Crippen LogP contribution is 2.18. The molecule has 2 rings (SSSR count). The smallest absolute Gasteiger partial charge is 0.263 e. The maximum absolute atomic E-state index is 13.0. The van der Waals surface area contributed by atoms with Crippen molar-refractivity contribution in [1.29, 1.82) is 0 Å². The van der Waals surface area contributed by atoms with E-state index < -0.39 is 21.7 Å². The highest BCUT2D eigenvalue weighted by atomic mass is 32.2. The summed E-state index contributed by atoms with van der Waals surface area (Å²) >= 11 is 0. The van der Waals surface area contributed by atoms with Gasteiger partial charge >= 0.3 is 0 Å². The zero-order chi connectivity index (χ0) is 14.8. The Balaban J connectivity index is 2.23. The number of anilines is 1. The second kappa shape index (κ2) is 5.59. The van der Waals surface area contributed by atoms with Crippen molar-refractivity contribution in [2.45, 2.75) is 11.4 Å². The first-order chi connectivity index (χ1) is 9.42. The van der Waals surface area contributed by atoms with Crippen LogP contribution < -0.4 is 10.0 Å². The fourth-order valence-electron chi connectivity index (χ4n) is 1.64. The molecule has 0 aliphatic heterocycles. The standard InChI is InChI=1S/C12H13F2N3O2S/c1-15-6-9-4-10(7-16-9)20(18,19)17-8-2-3-11(13)12(14)5-8/h2-5,7,15-17H,6H2,1H3. The van der Waals surface area contributed by atoms with Crippen molar-refractivity contribution >= 4 is 15.7 Å². The van der Waals surface area contributed by atoms with Crippen LogP contribution in [0.5, 0.6) is 0 Å². The van der Waals surface area contributed by atoms with E-state index in [1.807, 2.05) is 0 Å². The molecule has 108 valence electrons. The molecule has 0 bridgehead atoms. The highest BCUT2D eigenvalue weighted by Gasteiger charge is 2.17. The first kappa shape index (κ1) is 14.5. The molecule has 2 aromatic rings. The third-order valence-electron chi connectivity index (χ3n) is 2.57. The minimum absolute atomic E-state index is 0.0208. The average Bonchev–Trinajstić information content (AvgIpc) is 2.83. The summed E-state index contributed by atoms with van der Waals surface area (Å²) in [6.07, 6.45) is 1.33. The second-order valence-corrected chi connectivity index (χ2v) is 5.81. The maximum Gasteiger partial charge on any atom is 0.263 e. The van der Waals surface area contributed by atoms with E-state index in [4.69, 9.17) is 0 Å². The molecule has 0 atom stereocenters. The first-order valence-electron chi connectivity index (χ1n) is 5.72. The van der Waals surface area contributed by atoms with Crippen molar-refractivity contribution in [2.75, 3.05) is 11.8 Å². The van der Waals surface area contributed by atoms with Crippen molar-refractivity contribution in [3.63, 3.8) is 0 Å². The van der Waals surface area contributed by atoms with Gasteiger partial charge in [0.25, 0.3) is 10.0 Å². The van der Waals surface area contributed by atoms with Crippen LogP contribution in [0.2, 0.25) is 0 Å². The Kier molecular flexibility index (Phi) is 4.05. The van der Waals surface area contributed by atoms with Gasteiger partial charge in [-0.3, -0.25) is 4.72 Å². The number of H-pyrrole nitrogens is 1. The SMILES string of the molecule is CNCc1cc(S(=O)(=O)Nc2ccc(F)c(F)c2)c[nH]1.